The molecule has 0 spiro atoms. The first-order chi connectivity index (χ1) is 30.0. The number of nitrogens with zero attached hydrogens (tertiary/aromatic N) is 2. The van der Waals surface area contributed by atoms with E-state index in [0.29, 0.717) is 36.4 Å². The lowest BCUT2D eigenvalue weighted by Crippen LogP contribution is -2.55. The SMILES string of the molecule is CC[C@H](C)[C@@H]([C@@H](CC(=O)N1CCC[C@H]1[C@H](OC)[C@@H](C)C(=O)N[C@@H](Cc1ccccc1)C(=O)OCc1ccc(OC)cc1OC)OC)N(C)C(=O)[C@@H](CC(=O)[C@@H](NC)C(C)C)C(C)C. The van der Waals surface area contributed by atoms with Gasteiger partial charge in [-0.25, -0.2) is 4.79 Å². The molecule has 0 aromatic heterocycles. The topological polar surface area (TPSA) is 162 Å². The third-order valence-corrected chi connectivity index (χ3v) is 12.9. The fourth-order valence-corrected chi connectivity index (χ4v) is 8.95. The highest BCUT2D eigenvalue weighted by Crippen LogP contribution is 2.31. The van der Waals surface area contributed by atoms with Gasteiger partial charge >= 0.3 is 5.97 Å². The van der Waals surface area contributed by atoms with Gasteiger partial charge in [-0.1, -0.05) is 85.2 Å². The molecule has 9 atom stereocenters. The van der Waals surface area contributed by atoms with Crippen LogP contribution in [0.5, 0.6) is 11.5 Å². The Morgan fingerprint density at radius 3 is 2.11 bits per heavy atom. The van der Waals surface area contributed by atoms with E-state index in [1.165, 1.54) is 14.2 Å². The first kappa shape index (κ1) is 52.8. The second-order valence-corrected chi connectivity index (χ2v) is 17.7. The van der Waals surface area contributed by atoms with Crippen LogP contribution in [0.4, 0.5) is 0 Å². The van der Waals surface area contributed by atoms with E-state index in [0.717, 1.165) is 12.0 Å². The number of likely N-dealkylation sites (N-methyl/N-ethyl adjacent to an activating group) is 2. The van der Waals surface area contributed by atoms with Crippen LogP contribution in [0.15, 0.2) is 48.5 Å². The van der Waals surface area contributed by atoms with Crippen molar-refractivity contribution in [1.82, 2.24) is 20.4 Å². The third-order valence-electron chi connectivity index (χ3n) is 12.9. The molecule has 0 radical (unpaired) electrons. The molecule has 2 aromatic rings. The average molecular weight is 881 g/mol. The number of hydrogen-bond acceptors (Lipinski definition) is 11. The summed E-state index contributed by atoms with van der Waals surface area (Å²) >= 11 is 0. The zero-order valence-electron chi connectivity index (χ0n) is 40.1. The number of nitrogens with one attached hydrogen (secondary N) is 2. The van der Waals surface area contributed by atoms with Crippen LogP contribution in [0.25, 0.3) is 0 Å². The molecule has 0 bridgehead atoms. The second-order valence-electron chi connectivity index (χ2n) is 17.7. The molecule has 14 heteroatoms. The van der Waals surface area contributed by atoms with Gasteiger partial charge in [0.15, 0.2) is 5.78 Å². The molecular formula is C49H76N4O10. The number of carbonyl (C=O) groups excluding carboxylic acids is 5. The minimum Gasteiger partial charge on any atom is -0.497 e. The van der Waals surface area contributed by atoms with Crippen LogP contribution >= 0.6 is 0 Å². The van der Waals surface area contributed by atoms with Crippen LogP contribution in [-0.2, 0) is 51.2 Å². The molecule has 1 heterocycles. The Hall–Kier alpha value is -4.53. The zero-order chi connectivity index (χ0) is 47.0. The molecule has 352 valence electrons. The number of esters is 1. The summed E-state index contributed by atoms with van der Waals surface area (Å²) in [4.78, 5) is 73.5. The van der Waals surface area contributed by atoms with Crippen molar-refractivity contribution in [3.05, 3.63) is 59.7 Å². The van der Waals surface area contributed by atoms with E-state index in [1.807, 2.05) is 71.9 Å². The summed E-state index contributed by atoms with van der Waals surface area (Å²) in [6, 6.07) is 12.3. The lowest BCUT2D eigenvalue weighted by Gasteiger charge is -2.41. The van der Waals surface area contributed by atoms with Gasteiger partial charge in [0.05, 0.1) is 56.9 Å². The van der Waals surface area contributed by atoms with E-state index in [2.05, 4.69) is 10.6 Å². The summed E-state index contributed by atoms with van der Waals surface area (Å²) in [5, 5.41) is 6.05. The van der Waals surface area contributed by atoms with Gasteiger partial charge in [0.2, 0.25) is 17.7 Å². The van der Waals surface area contributed by atoms with Crippen molar-refractivity contribution < 1.29 is 47.7 Å². The number of ether oxygens (including phenoxy) is 5. The molecule has 2 N–H and O–H groups in total. The molecule has 1 aliphatic rings. The van der Waals surface area contributed by atoms with E-state index in [9.17, 15) is 24.0 Å². The highest BCUT2D eigenvalue weighted by molar-refractivity contribution is 5.90. The number of Topliss-reactive ketones (excluding diaryl/α,β-unsaturated/α-hetero) is 1. The van der Waals surface area contributed by atoms with E-state index < -0.39 is 54.0 Å². The molecule has 0 aliphatic carbocycles. The first-order valence-electron chi connectivity index (χ1n) is 22.5. The summed E-state index contributed by atoms with van der Waals surface area (Å²) in [5.41, 5.74) is 1.47. The van der Waals surface area contributed by atoms with Crippen LogP contribution in [-0.4, -0.2) is 125 Å². The van der Waals surface area contributed by atoms with E-state index in [4.69, 9.17) is 23.7 Å². The molecule has 63 heavy (non-hydrogen) atoms. The molecule has 14 nitrogen and oxygen atoms in total. The first-order valence-corrected chi connectivity index (χ1v) is 22.5. The predicted octanol–water partition coefficient (Wildman–Crippen LogP) is 5.87. The Labute approximate surface area is 376 Å². The molecule has 0 saturated carbocycles. The standard InChI is InChI=1S/C49H76N4O10/c1-14-32(6)45(52(9)48(57)37(30(2)3)27-40(54)44(50-8)31(4)5)42(61-12)28-43(55)53-24-18-21-39(53)46(62-13)33(7)47(56)51-38(25-34-19-16-15-17-20-34)49(58)63-29-35-22-23-36(59-10)26-41(35)60-11/h15-17,19-20,22-23,26,30-33,37-39,42,44-46,50H,14,18,21,24-25,27-29H2,1-13H3,(H,51,56)/t32-,33+,37-,38-,39-,42+,44-,45-,46+/m0/s1. The van der Waals surface area contributed by atoms with Gasteiger partial charge in [0.1, 0.15) is 24.1 Å². The van der Waals surface area contributed by atoms with Gasteiger partial charge in [-0.05, 0) is 55.3 Å². The Morgan fingerprint density at radius 1 is 0.873 bits per heavy atom. The number of methoxy groups -OCH3 is 4. The number of likely N-dealkylation sites (tertiary alicyclic amines) is 1. The predicted molar refractivity (Wildman–Crippen MR) is 243 cm³/mol. The maximum Gasteiger partial charge on any atom is 0.329 e. The van der Waals surface area contributed by atoms with Crippen LogP contribution < -0.4 is 20.1 Å². The summed E-state index contributed by atoms with van der Waals surface area (Å²) in [6.45, 7) is 14.1. The van der Waals surface area contributed by atoms with E-state index in [-0.39, 0.29) is 67.3 Å². The van der Waals surface area contributed by atoms with Gasteiger partial charge in [0, 0.05) is 58.2 Å². The minimum absolute atomic E-state index is 0.000361. The van der Waals surface area contributed by atoms with Crippen LogP contribution in [0.2, 0.25) is 0 Å². The van der Waals surface area contributed by atoms with Crippen molar-refractivity contribution in [1.29, 1.82) is 0 Å². The quantitative estimate of drug-likeness (QED) is 0.109. The molecule has 1 fully saturated rings. The van der Waals surface area contributed by atoms with Crippen molar-refractivity contribution in [2.45, 2.75) is 130 Å². The van der Waals surface area contributed by atoms with Crippen molar-refractivity contribution in [3.63, 3.8) is 0 Å². The molecule has 1 saturated heterocycles. The summed E-state index contributed by atoms with van der Waals surface area (Å²) in [7, 11) is 9.68. The third kappa shape index (κ3) is 14.2. The number of hydrogen-bond donors (Lipinski definition) is 2. The number of rotatable bonds is 26. The molecule has 2 aromatic carbocycles. The smallest absolute Gasteiger partial charge is 0.329 e. The number of carbonyl (C=O) groups is 5. The molecule has 3 rings (SSSR count). The van der Waals surface area contributed by atoms with Crippen LogP contribution in [0.1, 0.15) is 91.7 Å². The zero-order valence-corrected chi connectivity index (χ0v) is 40.1. The number of amides is 3. The Bertz CT molecular complexity index is 1770. The van der Waals surface area contributed by atoms with Crippen molar-refractivity contribution in [2.24, 2.45) is 29.6 Å². The Morgan fingerprint density at radius 2 is 1.56 bits per heavy atom. The molecular weight excluding hydrogens is 805 g/mol. The average Bonchev–Trinajstić information content (AvgIpc) is 3.76. The maximum atomic E-state index is 14.4. The summed E-state index contributed by atoms with van der Waals surface area (Å²) in [6.07, 6.45) is 1.02. The number of benzene rings is 2. The Kier molecular flexibility index (Phi) is 21.5. The van der Waals surface area contributed by atoms with Gasteiger partial charge < -0.3 is 44.1 Å². The maximum absolute atomic E-state index is 14.4. The molecule has 0 unspecified atom stereocenters. The highest BCUT2D eigenvalue weighted by atomic mass is 16.5. The van der Waals surface area contributed by atoms with Gasteiger partial charge in [-0.2, -0.15) is 0 Å². The monoisotopic (exact) mass is 881 g/mol. The van der Waals surface area contributed by atoms with E-state index in [1.54, 1.807) is 63.2 Å². The largest absolute Gasteiger partial charge is 0.497 e. The normalized spacial score (nSPS) is 17.8. The summed E-state index contributed by atoms with van der Waals surface area (Å²) in [5.74, 6) is -1.60. The number of ketones is 1. The fraction of sp³-hybridized carbons (Fsp3) is 0.653. The van der Waals surface area contributed by atoms with Crippen LogP contribution in [0.3, 0.4) is 0 Å². The highest BCUT2D eigenvalue weighted by Gasteiger charge is 2.43. The van der Waals surface area contributed by atoms with Gasteiger partial charge in [-0.15, -0.1) is 0 Å². The molecule has 3 amide bonds. The van der Waals surface area contributed by atoms with Crippen molar-refractivity contribution >= 4 is 29.5 Å². The Balaban J connectivity index is 1.81. The lowest BCUT2D eigenvalue weighted by molar-refractivity contribution is -0.151. The minimum atomic E-state index is -1.02. The van der Waals surface area contributed by atoms with E-state index >= 15 is 0 Å². The van der Waals surface area contributed by atoms with Crippen LogP contribution in [0, 0.1) is 29.6 Å². The van der Waals surface area contributed by atoms with Crippen molar-refractivity contribution in [3.8, 4) is 11.5 Å². The summed E-state index contributed by atoms with van der Waals surface area (Å²) < 4.78 is 28.6. The lowest BCUT2D eigenvalue weighted by atomic mass is 9.84. The van der Waals surface area contributed by atoms with Crippen molar-refractivity contribution in [2.75, 3.05) is 49.1 Å². The second kappa shape index (κ2) is 25.7. The molecule has 1 aliphatic heterocycles. The van der Waals surface area contributed by atoms with Gasteiger partial charge in [0.25, 0.3) is 0 Å². The van der Waals surface area contributed by atoms with Gasteiger partial charge in [-0.3, -0.25) is 19.2 Å². The fourth-order valence-electron chi connectivity index (χ4n) is 8.95.